The molecular weight excluding hydrogens is 121 g/mol. The van der Waals surface area contributed by atoms with Gasteiger partial charge in [0.05, 0.1) is 0 Å². The molecule has 0 spiro atoms. The summed E-state index contributed by atoms with van der Waals surface area (Å²) in [5.74, 6) is 0. The molecule has 0 heterocycles. The predicted molar refractivity (Wildman–Crippen MR) is 48.4 cm³/mol. The van der Waals surface area contributed by atoms with Gasteiger partial charge >= 0.3 is 0 Å². The maximum Gasteiger partial charge on any atom is 0.214 e. The lowest BCUT2D eigenvalue weighted by atomic mass is 9.60. The molecule has 2 heteroatoms. The second-order valence-corrected chi connectivity index (χ2v) is 3.54. The summed E-state index contributed by atoms with van der Waals surface area (Å²) < 4.78 is 0. The summed E-state index contributed by atoms with van der Waals surface area (Å²) in [6.45, 7) is 10.0. The standard InChI is InChI=1S/C8H19BN/c1-6-8(3,4)9-10(5)7-2/h6-7H2,1-5H3. The van der Waals surface area contributed by atoms with Gasteiger partial charge in [-0.2, -0.15) is 0 Å². The van der Waals surface area contributed by atoms with Crippen LogP contribution in [-0.4, -0.2) is 25.8 Å². The van der Waals surface area contributed by atoms with Crippen LogP contribution in [-0.2, 0) is 0 Å². The van der Waals surface area contributed by atoms with Crippen LogP contribution in [0.15, 0.2) is 0 Å². The van der Waals surface area contributed by atoms with Gasteiger partial charge in [0, 0.05) is 0 Å². The van der Waals surface area contributed by atoms with E-state index in [2.05, 4.69) is 47.0 Å². The quantitative estimate of drug-likeness (QED) is 0.541. The van der Waals surface area contributed by atoms with Gasteiger partial charge in [-0.05, 0) is 18.9 Å². The lowest BCUT2D eigenvalue weighted by Gasteiger charge is -2.26. The monoisotopic (exact) mass is 140 g/mol. The normalized spacial score (nSPS) is 12.2. The minimum atomic E-state index is 0.366. The molecule has 0 N–H and O–H groups in total. The lowest BCUT2D eigenvalue weighted by molar-refractivity contribution is 0.513. The fourth-order valence-corrected chi connectivity index (χ4v) is 0.779. The summed E-state index contributed by atoms with van der Waals surface area (Å²) in [5, 5.41) is 0.366. The van der Waals surface area contributed by atoms with E-state index in [0.717, 1.165) is 6.54 Å². The molecule has 1 radical (unpaired) electrons. The third kappa shape index (κ3) is 3.94. The zero-order valence-electron chi connectivity index (χ0n) is 7.94. The Labute approximate surface area is 66.1 Å². The minimum Gasteiger partial charge on any atom is -0.349 e. The molecule has 59 valence electrons. The molecule has 0 aromatic carbocycles. The Morgan fingerprint density at radius 2 is 1.80 bits per heavy atom. The van der Waals surface area contributed by atoms with Crippen LogP contribution in [0.5, 0.6) is 0 Å². The summed E-state index contributed by atoms with van der Waals surface area (Å²) in [5.41, 5.74) is 0. The van der Waals surface area contributed by atoms with E-state index in [1.54, 1.807) is 0 Å². The van der Waals surface area contributed by atoms with E-state index in [0.29, 0.717) is 5.31 Å². The van der Waals surface area contributed by atoms with Gasteiger partial charge in [0.25, 0.3) is 0 Å². The van der Waals surface area contributed by atoms with Crippen LogP contribution < -0.4 is 0 Å². The molecule has 0 aliphatic rings. The topological polar surface area (TPSA) is 3.24 Å². The van der Waals surface area contributed by atoms with Crippen molar-refractivity contribution in [2.24, 2.45) is 0 Å². The zero-order chi connectivity index (χ0) is 8.20. The molecule has 0 saturated carbocycles. The van der Waals surface area contributed by atoms with Gasteiger partial charge in [0.15, 0.2) is 0 Å². The summed E-state index contributed by atoms with van der Waals surface area (Å²) in [6, 6.07) is 0. The van der Waals surface area contributed by atoms with E-state index < -0.39 is 0 Å². The molecule has 0 aliphatic heterocycles. The van der Waals surface area contributed by atoms with Crippen molar-refractivity contribution in [3.8, 4) is 0 Å². The number of nitrogens with zero attached hydrogens (tertiary/aromatic N) is 1. The van der Waals surface area contributed by atoms with Crippen LogP contribution >= 0.6 is 0 Å². The van der Waals surface area contributed by atoms with Crippen molar-refractivity contribution in [1.29, 1.82) is 0 Å². The maximum atomic E-state index is 2.30. The first-order valence-electron chi connectivity index (χ1n) is 4.08. The van der Waals surface area contributed by atoms with Crippen LogP contribution in [0.3, 0.4) is 0 Å². The lowest BCUT2D eigenvalue weighted by Crippen LogP contribution is -2.30. The molecule has 0 aromatic heterocycles. The Balaban J connectivity index is 3.64. The Morgan fingerprint density at radius 1 is 1.30 bits per heavy atom. The van der Waals surface area contributed by atoms with E-state index in [-0.39, 0.29) is 0 Å². The summed E-state index contributed by atoms with van der Waals surface area (Å²) in [7, 11) is 4.42. The highest BCUT2D eigenvalue weighted by molar-refractivity contribution is 6.36. The smallest absolute Gasteiger partial charge is 0.214 e. The molecule has 10 heavy (non-hydrogen) atoms. The van der Waals surface area contributed by atoms with Crippen molar-refractivity contribution in [1.82, 2.24) is 4.81 Å². The van der Waals surface area contributed by atoms with Crippen molar-refractivity contribution in [2.45, 2.75) is 39.4 Å². The van der Waals surface area contributed by atoms with Gasteiger partial charge in [-0.1, -0.05) is 34.1 Å². The second-order valence-electron chi connectivity index (χ2n) is 3.54. The highest BCUT2D eigenvalue weighted by Gasteiger charge is 2.18. The van der Waals surface area contributed by atoms with E-state index in [9.17, 15) is 0 Å². The number of hydrogen-bond donors (Lipinski definition) is 0. The molecule has 0 aliphatic carbocycles. The molecule has 0 amide bonds. The first-order chi connectivity index (χ1) is 4.52. The van der Waals surface area contributed by atoms with Gasteiger partial charge < -0.3 is 4.81 Å². The minimum absolute atomic E-state index is 0.366. The summed E-state index contributed by atoms with van der Waals surface area (Å²) in [4.78, 5) is 2.24. The van der Waals surface area contributed by atoms with E-state index >= 15 is 0 Å². The van der Waals surface area contributed by atoms with E-state index in [1.807, 2.05) is 0 Å². The maximum absolute atomic E-state index is 2.30. The Hall–Kier alpha value is 0.0249. The Kier molecular flexibility index (Phi) is 4.03. The third-order valence-electron chi connectivity index (χ3n) is 1.98. The first kappa shape index (κ1) is 10.0. The van der Waals surface area contributed by atoms with E-state index in [4.69, 9.17) is 0 Å². The highest BCUT2D eigenvalue weighted by Crippen LogP contribution is 2.26. The fraction of sp³-hybridized carbons (Fsp3) is 1.00. The third-order valence-corrected chi connectivity index (χ3v) is 1.98. The molecule has 0 saturated heterocycles. The highest BCUT2D eigenvalue weighted by atomic mass is 15.0. The van der Waals surface area contributed by atoms with Gasteiger partial charge in [0.2, 0.25) is 7.41 Å². The molecule has 0 fully saturated rings. The van der Waals surface area contributed by atoms with Gasteiger partial charge in [0.1, 0.15) is 0 Å². The molecule has 0 aromatic rings. The summed E-state index contributed by atoms with van der Waals surface area (Å²) in [6.07, 6.45) is 1.21. The van der Waals surface area contributed by atoms with Gasteiger partial charge in [-0.3, -0.25) is 0 Å². The SMILES string of the molecule is CCN(C)[B]C(C)(C)CC. The molecule has 1 nitrogen and oxygen atoms in total. The van der Waals surface area contributed by atoms with Crippen molar-refractivity contribution in [2.75, 3.05) is 13.6 Å². The van der Waals surface area contributed by atoms with Crippen molar-refractivity contribution in [3.63, 3.8) is 0 Å². The van der Waals surface area contributed by atoms with Crippen molar-refractivity contribution >= 4 is 7.41 Å². The molecule has 0 bridgehead atoms. The number of hydrogen-bond acceptors (Lipinski definition) is 1. The second kappa shape index (κ2) is 4.02. The molecule has 0 atom stereocenters. The molecular formula is C8H19BN. The molecule has 0 unspecified atom stereocenters. The average Bonchev–Trinajstić information content (AvgIpc) is 1.87. The first-order valence-corrected chi connectivity index (χ1v) is 4.08. The van der Waals surface area contributed by atoms with Crippen LogP contribution in [0.1, 0.15) is 34.1 Å². The van der Waals surface area contributed by atoms with Crippen LogP contribution in [0.4, 0.5) is 0 Å². The fourth-order valence-electron chi connectivity index (χ4n) is 0.779. The Bertz CT molecular complexity index is 91.3. The van der Waals surface area contributed by atoms with Gasteiger partial charge in [-0.15, -0.1) is 0 Å². The summed E-state index contributed by atoms with van der Waals surface area (Å²) >= 11 is 0. The average molecular weight is 140 g/mol. The van der Waals surface area contributed by atoms with Crippen LogP contribution in [0, 0.1) is 0 Å². The van der Waals surface area contributed by atoms with Gasteiger partial charge in [-0.25, -0.2) is 0 Å². The van der Waals surface area contributed by atoms with Crippen LogP contribution in [0.2, 0.25) is 5.31 Å². The number of rotatable bonds is 4. The molecule has 0 rings (SSSR count). The van der Waals surface area contributed by atoms with Crippen LogP contribution in [0.25, 0.3) is 0 Å². The predicted octanol–water partition coefficient (Wildman–Crippen LogP) is 2.17. The van der Waals surface area contributed by atoms with Crippen molar-refractivity contribution < 1.29 is 0 Å². The Morgan fingerprint density at radius 3 is 2.10 bits per heavy atom. The zero-order valence-corrected chi connectivity index (χ0v) is 7.94. The largest absolute Gasteiger partial charge is 0.349 e. The van der Waals surface area contributed by atoms with E-state index in [1.165, 1.54) is 6.42 Å². The van der Waals surface area contributed by atoms with Crippen molar-refractivity contribution in [3.05, 3.63) is 0 Å².